The number of benzene rings is 1. The molecule has 0 aliphatic heterocycles. The number of rotatable bonds is 5. The third-order valence-electron chi connectivity index (χ3n) is 3.06. The Kier molecular flexibility index (Phi) is 5.87. The van der Waals surface area contributed by atoms with Crippen molar-refractivity contribution >= 4 is 28.7 Å². The van der Waals surface area contributed by atoms with E-state index < -0.39 is 0 Å². The second-order valence-corrected chi connectivity index (χ2v) is 4.98. The fourth-order valence-electron chi connectivity index (χ4n) is 1.87. The summed E-state index contributed by atoms with van der Waals surface area (Å²) in [6.07, 6.45) is 3.43. The van der Waals surface area contributed by atoms with Gasteiger partial charge in [-0.05, 0) is 43.4 Å². The minimum absolute atomic E-state index is 0.380. The number of hydrazone groups is 1. The van der Waals surface area contributed by atoms with Gasteiger partial charge >= 0.3 is 0 Å². The molecular formula is C16H18N4O2S. The lowest BCUT2D eigenvalue weighted by molar-refractivity contribution is 0.355. The third-order valence-corrected chi connectivity index (χ3v) is 3.26. The van der Waals surface area contributed by atoms with Crippen LogP contribution in [-0.2, 0) is 0 Å². The van der Waals surface area contributed by atoms with Crippen LogP contribution in [0.1, 0.15) is 12.5 Å². The van der Waals surface area contributed by atoms with Crippen molar-refractivity contribution in [2.75, 3.05) is 19.5 Å². The van der Waals surface area contributed by atoms with Gasteiger partial charge in [0.25, 0.3) is 0 Å². The van der Waals surface area contributed by atoms with Gasteiger partial charge < -0.3 is 14.8 Å². The zero-order valence-corrected chi connectivity index (χ0v) is 14.0. The summed E-state index contributed by atoms with van der Waals surface area (Å²) in [5, 5.41) is 7.67. The molecule has 7 heteroatoms. The van der Waals surface area contributed by atoms with Crippen LogP contribution in [0.25, 0.3) is 0 Å². The van der Waals surface area contributed by atoms with E-state index in [9.17, 15) is 0 Å². The zero-order chi connectivity index (χ0) is 16.7. The van der Waals surface area contributed by atoms with Crippen molar-refractivity contribution in [3.63, 3.8) is 0 Å². The predicted molar refractivity (Wildman–Crippen MR) is 95.4 cm³/mol. The van der Waals surface area contributed by atoms with Crippen molar-refractivity contribution in [3.05, 3.63) is 48.3 Å². The highest BCUT2D eigenvalue weighted by Crippen LogP contribution is 2.29. The minimum Gasteiger partial charge on any atom is -0.493 e. The highest BCUT2D eigenvalue weighted by molar-refractivity contribution is 7.80. The molecule has 0 fully saturated rings. The average molecular weight is 330 g/mol. The van der Waals surface area contributed by atoms with E-state index in [1.54, 1.807) is 38.7 Å². The van der Waals surface area contributed by atoms with Crippen molar-refractivity contribution in [2.45, 2.75) is 6.92 Å². The van der Waals surface area contributed by atoms with Gasteiger partial charge in [-0.25, -0.2) is 0 Å². The highest BCUT2D eigenvalue weighted by atomic mass is 32.1. The number of pyridine rings is 1. The Bertz CT molecular complexity index is 704. The number of nitrogens with one attached hydrogen (secondary N) is 2. The first-order chi connectivity index (χ1) is 11.1. The van der Waals surface area contributed by atoms with Gasteiger partial charge in [0.05, 0.1) is 19.9 Å². The summed E-state index contributed by atoms with van der Waals surface area (Å²) in [4.78, 5) is 3.97. The molecule has 0 spiro atoms. The summed E-state index contributed by atoms with van der Waals surface area (Å²) >= 11 is 5.23. The molecule has 23 heavy (non-hydrogen) atoms. The number of nitrogens with zero attached hydrogens (tertiary/aromatic N) is 2. The standard InChI is InChI=1S/C16H18N4O2S/c1-11(12-6-8-17-9-7-12)19-20-16(23)18-13-4-5-14(21-2)15(10-13)22-3/h4-10H,1-3H3,(H2,18,20,23). The molecule has 2 rings (SSSR count). The first-order valence-corrected chi connectivity index (χ1v) is 7.28. The summed E-state index contributed by atoms with van der Waals surface area (Å²) in [5.41, 5.74) is 5.37. The molecule has 1 aromatic carbocycles. The second kappa shape index (κ2) is 8.09. The summed E-state index contributed by atoms with van der Waals surface area (Å²) in [5.74, 6) is 1.28. The Morgan fingerprint density at radius 1 is 1.09 bits per heavy atom. The van der Waals surface area contributed by atoms with Crippen LogP contribution in [-0.4, -0.2) is 30.0 Å². The molecule has 2 aromatic rings. The largest absolute Gasteiger partial charge is 0.493 e. The molecule has 0 aliphatic rings. The molecular weight excluding hydrogens is 312 g/mol. The molecule has 0 bridgehead atoms. The lowest BCUT2D eigenvalue weighted by Crippen LogP contribution is -2.25. The molecule has 2 N–H and O–H groups in total. The van der Waals surface area contributed by atoms with Gasteiger partial charge in [-0.15, -0.1) is 0 Å². The Hall–Kier alpha value is -2.67. The number of anilines is 1. The molecule has 120 valence electrons. The molecule has 0 saturated carbocycles. The topological polar surface area (TPSA) is 67.8 Å². The van der Waals surface area contributed by atoms with E-state index in [1.807, 2.05) is 25.1 Å². The van der Waals surface area contributed by atoms with Crippen LogP contribution in [0.4, 0.5) is 5.69 Å². The third kappa shape index (κ3) is 4.65. The van der Waals surface area contributed by atoms with Crippen LogP contribution in [0, 0.1) is 0 Å². The fourth-order valence-corrected chi connectivity index (χ4v) is 2.03. The Morgan fingerprint density at radius 3 is 2.43 bits per heavy atom. The smallest absolute Gasteiger partial charge is 0.191 e. The maximum atomic E-state index is 5.25. The summed E-state index contributed by atoms with van der Waals surface area (Å²) in [6.45, 7) is 1.89. The maximum Gasteiger partial charge on any atom is 0.191 e. The first kappa shape index (κ1) is 16.7. The summed E-state index contributed by atoms with van der Waals surface area (Å²) < 4.78 is 10.4. The summed E-state index contributed by atoms with van der Waals surface area (Å²) in [7, 11) is 3.17. The van der Waals surface area contributed by atoms with E-state index in [-0.39, 0.29) is 0 Å². The zero-order valence-electron chi connectivity index (χ0n) is 13.2. The van der Waals surface area contributed by atoms with Crippen molar-refractivity contribution in [1.29, 1.82) is 0 Å². The number of hydrogen-bond donors (Lipinski definition) is 2. The Morgan fingerprint density at radius 2 is 1.78 bits per heavy atom. The van der Waals surface area contributed by atoms with Crippen molar-refractivity contribution < 1.29 is 9.47 Å². The van der Waals surface area contributed by atoms with Gasteiger partial charge in [-0.3, -0.25) is 10.4 Å². The second-order valence-electron chi connectivity index (χ2n) is 4.57. The van der Waals surface area contributed by atoms with Crippen molar-refractivity contribution in [2.24, 2.45) is 5.10 Å². The van der Waals surface area contributed by atoms with Crippen LogP contribution in [0.15, 0.2) is 47.8 Å². The van der Waals surface area contributed by atoms with Crippen LogP contribution in [0.2, 0.25) is 0 Å². The molecule has 0 radical (unpaired) electrons. The number of aromatic nitrogens is 1. The molecule has 1 heterocycles. The Labute approximate surface area is 140 Å². The van der Waals surface area contributed by atoms with E-state index in [2.05, 4.69) is 20.8 Å². The fraction of sp³-hybridized carbons (Fsp3) is 0.188. The van der Waals surface area contributed by atoms with Gasteiger partial charge in [0, 0.05) is 29.7 Å². The van der Waals surface area contributed by atoms with E-state index in [0.29, 0.717) is 16.6 Å². The van der Waals surface area contributed by atoms with Crippen LogP contribution in [0.5, 0.6) is 11.5 Å². The molecule has 0 unspecified atom stereocenters. The van der Waals surface area contributed by atoms with Gasteiger partial charge in [-0.1, -0.05) is 0 Å². The lowest BCUT2D eigenvalue weighted by atomic mass is 10.2. The van der Waals surface area contributed by atoms with Gasteiger partial charge in [0.2, 0.25) is 0 Å². The monoisotopic (exact) mass is 330 g/mol. The number of ether oxygens (including phenoxy) is 2. The van der Waals surface area contributed by atoms with E-state index >= 15 is 0 Å². The van der Waals surface area contributed by atoms with E-state index in [0.717, 1.165) is 17.0 Å². The van der Waals surface area contributed by atoms with Crippen LogP contribution in [0.3, 0.4) is 0 Å². The average Bonchev–Trinajstić information content (AvgIpc) is 2.60. The highest BCUT2D eigenvalue weighted by Gasteiger charge is 2.05. The SMILES string of the molecule is COc1ccc(NC(=S)NN=C(C)c2ccncc2)cc1OC. The number of hydrogen-bond acceptors (Lipinski definition) is 5. The molecule has 0 saturated heterocycles. The van der Waals surface area contributed by atoms with Crippen LogP contribution >= 0.6 is 12.2 Å². The molecule has 1 aromatic heterocycles. The molecule has 6 nitrogen and oxygen atoms in total. The van der Waals surface area contributed by atoms with Gasteiger partial charge in [0.1, 0.15) is 0 Å². The normalized spacial score (nSPS) is 10.8. The van der Waals surface area contributed by atoms with E-state index in [4.69, 9.17) is 21.7 Å². The van der Waals surface area contributed by atoms with Crippen molar-refractivity contribution in [3.8, 4) is 11.5 Å². The van der Waals surface area contributed by atoms with Crippen LogP contribution < -0.4 is 20.2 Å². The lowest BCUT2D eigenvalue weighted by Gasteiger charge is -2.11. The van der Waals surface area contributed by atoms with E-state index in [1.165, 1.54) is 0 Å². The molecule has 0 amide bonds. The Balaban J connectivity index is 2.00. The molecule has 0 atom stereocenters. The first-order valence-electron chi connectivity index (χ1n) is 6.87. The minimum atomic E-state index is 0.380. The quantitative estimate of drug-likeness (QED) is 0.499. The summed E-state index contributed by atoms with van der Waals surface area (Å²) in [6, 6.07) is 9.20. The number of thiocarbonyl (C=S) groups is 1. The van der Waals surface area contributed by atoms with Gasteiger partial charge in [-0.2, -0.15) is 5.10 Å². The van der Waals surface area contributed by atoms with Crippen molar-refractivity contribution in [1.82, 2.24) is 10.4 Å². The van der Waals surface area contributed by atoms with Gasteiger partial charge in [0.15, 0.2) is 16.6 Å². The molecule has 0 aliphatic carbocycles. The maximum absolute atomic E-state index is 5.25. The number of methoxy groups -OCH3 is 2. The predicted octanol–water partition coefficient (Wildman–Crippen LogP) is 2.81.